The number of carbonyl (C=O) groups is 1. The zero-order chi connectivity index (χ0) is 19.5. The predicted octanol–water partition coefficient (Wildman–Crippen LogP) is 3.05. The summed E-state index contributed by atoms with van der Waals surface area (Å²) >= 11 is 0. The first-order valence-corrected chi connectivity index (χ1v) is 9.32. The van der Waals surface area contributed by atoms with Crippen molar-refractivity contribution in [3.8, 4) is 11.3 Å². The number of nitrogens with zero attached hydrogens (tertiary/aromatic N) is 4. The highest BCUT2D eigenvalue weighted by Gasteiger charge is 2.30. The number of nitrogens with one attached hydrogen (secondary N) is 1. The first kappa shape index (κ1) is 18.2. The summed E-state index contributed by atoms with van der Waals surface area (Å²) in [5.74, 6) is 1.42. The number of amides is 2. The first-order valence-electron chi connectivity index (χ1n) is 9.32. The lowest BCUT2D eigenvalue weighted by Crippen LogP contribution is -2.42. The van der Waals surface area contributed by atoms with E-state index in [1.807, 2.05) is 42.1 Å². The van der Waals surface area contributed by atoms with Crippen LogP contribution in [0.5, 0.6) is 0 Å². The zero-order valence-corrected chi connectivity index (χ0v) is 15.7. The van der Waals surface area contributed by atoms with Crippen LogP contribution in [0.4, 0.5) is 10.5 Å². The van der Waals surface area contributed by atoms with Crippen LogP contribution in [0.1, 0.15) is 24.8 Å². The Morgan fingerprint density at radius 1 is 1.36 bits per heavy atom. The molecule has 8 nitrogen and oxygen atoms in total. The molecule has 1 aliphatic heterocycles. The summed E-state index contributed by atoms with van der Waals surface area (Å²) in [5.41, 5.74) is 1.56. The van der Waals surface area contributed by atoms with Gasteiger partial charge in [-0.1, -0.05) is 12.1 Å². The molecule has 2 N–H and O–H groups in total. The van der Waals surface area contributed by atoms with Crippen molar-refractivity contribution in [1.29, 1.82) is 0 Å². The summed E-state index contributed by atoms with van der Waals surface area (Å²) in [6.07, 6.45) is 7.40. The SMILES string of the molecule is Cn1ccnc1C(O)C1CCN(C(=O)Nc2cccc(-c3cnco3)c2)CC1. The molecule has 0 aliphatic carbocycles. The van der Waals surface area contributed by atoms with Crippen molar-refractivity contribution in [2.75, 3.05) is 18.4 Å². The molecule has 1 fully saturated rings. The van der Waals surface area contributed by atoms with Crippen LogP contribution >= 0.6 is 0 Å². The fourth-order valence-corrected chi connectivity index (χ4v) is 3.60. The monoisotopic (exact) mass is 381 g/mol. The fraction of sp³-hybridized carbons (Fsp3) is 0.350. The van der Waals surface area contributed by atoms with E-state index in [4.69, 9.17) is 4.42 Å². The molecule has 3 aromatic rings. The lowest BCUT2D eigenvalue weighted by Gasteiger charge is -2.34. The largest absolute Gasteiger partial charge is 0.444 e. The van der Waals surface area contributed by atoms with E-state index in [0.717, 1.165) is 18.4 Å². The number of hydrogen-bond acceptors (Lipinski definition) is 5. The number of benzene rings is 1. The average molecular weight is 381 g/mol. The van der Waals surface area contributed by atoms with Gasteiger partial charge in [-0.2, -0.15) is 0 Å². The number of aliphatic hydroxyl groups is 1. The van der Waals surface area contributed by atoms with Crippen LogP contribution in [0.3, 0.4) is 0 Å². The van der Waals surface area contributed by atoms with Crippen molar-refractivity contribution < 1.29 is 14.3 Å². The Labute approximate surface area is 162 Å². The van der Waals surface area contributed by atoms with Crippen molar-refractivity contribution in [2.24, 2.45) is 13.0 Å². The molecule has 1 unspecified atom stereocenters. The molecule has 4 rings (SSSR count). The standard InChI is InChI=1S/C20H23N5O3/c1-24-10-7-22-19(24)18(26)14-5-8-25(9-6-14)20(27)23-16-4-2-3-15(11-16)17-12-21-13-28-17/h2-4,7,10-14,18,26H,5-6,8-9H2,1H3,(H,23,27). The zero-order valence-electron chi connectivity index (χ0n) is 15.7. The maximum atomic E-state index is 12.6. The topological polar surface area (TPSA) is 96.4 Å². The second-order valence-electron chi connectivity index (χ2n) is 7.04. The van der Waals surface area contributed by atoms with Crippen molar-refractivity contribution in [2.45, 2.75) is 18.9 Å². The fourth-order valence-electron chi connectivity index (χ4n) is 3.60. The van der Waals surface area contributed by atoms with Gasteiger partial charge in [0.05, 0.1) is 6.20 Å². The Kier molecular flexibility index (Phi) is 5.12. The number of hydrogen-bond donors (Lipinski definition) is 2. The molecule has 0 spiro atoms. The lowest BCUT2D eigenvalue weighted by atomic mass is 9.91. The van der Waals surface area contributed by atoms with Gasteiger partial charge in [0, 0.05) is 43.8 Å². The van der Waals surface area contributed by atoms with Gasteiger partial charge in [-0.15, -0.1) is 0 Å². The van der Waals surface area contributed by atoms with Gasteiger partial charge in [-0.25, -0.2) is 14.8 Å². The summed E-state index contributed by atoms with van der Waals surface area (Å²) in [7, 11) is 1.88. The molecular weight excluding hydrogens is 358 g/mol. The second kappa shape index (κ2) is 7.85. The van der Waals surface area contributed by atoms with Gasteiger partial charge in [-0.3, -0.25) is 0 Å². The van der Waals surface area contributed by atoms with Crippen molar-refractivity contribution >= 4 is 11.7 Å². The molecule has 3 heterocycles. The highest BCUT2D eigenvalue weighted by Crippen LogP contribution is 2.30. The molecule has 0 bridgehead atoms. The van der Waals surface area contributed by atoms with E-state index in [2.05, 4.69) is 15.3 Å². The number of likely N-dealkylation sites (tertiary alicyclic amines) is 1. The molecule has 2 aromatic heterocycles. The van der Waals surface area contributed by atoms with Crippen LogP contribution in [-0.4, -0.2) is 43.7 Å². The average Bonchev–Trinajstić information content (AvgIpc) is 3.40. The maximum Gasteiger partial charge on any atom is 0.321 e. The van der Waals surface area contributed by atoms with Gasteiger partial charge in [0.1, 0.15) is 11.9 Å². The number of aromatic nitrogens is 3. The summed E-state index contributed by atoms with van der Waals surface area (Å²) in [5, 5.41) is 13.5. The van der Waals surface area contributed by atoms with Crippen LogP contribution in [0, 0.1) is 5.92 Å². The summed E-state index contributed by atoms with van der Waals surface area (Å²) in [6.45, 7) is 1.19. The minimum absolute atomic E-state index is 0.0972. The van der Waals surface area contributed by atoms with Gasteiger partial charge in [0.25, 0.3) is 0 Å². The molecule has 1 aliphatic rings. The normalized spacial score (nSPS) is 16.1. The second-order valence-corrected chi connectivity index (χ2v) is 7.04. The number of aryl methyl sites for hydroxylation is 1. The number of anilines is 1. The number of urea groups is 1. The van der Waals surface area contributed by atoms with Crippen LogP contribution in [0.25, 0.3) is 11.3 Å². The molecule has 8 heteroatoms. The quantitative estimate of drug-likeness (QED) is 0.724. The van der Waals surface area contributed by atoms with E-state index < -0.39 is 6.10 Å². The number of carbonyl (C=O) groups excluding carboxylic acids is 1. The summed E-state index contributed by atoms with van der Waals surface area (Å²) in [4.78, 5) is 22.6. The Bertz CT molecular complexity index is 929. The Morgan fingerprint density at radius 2 is 2.18 bits per heavy atom. The van der Waals surface area contributed by atoms with Crippen LogP contribution < -0.4 is 5.32 Å². The van der Waals surface area contributed by atoms with Gasteiger partial charge in [0.15, 0.2) is 12.2 Å². The summed E-state index contributed by atoms with van der Waals surface area (Å²) < 4.78 is 7.14. The Hall–Kier alpha value is -3.13. The number of piperidine rings is 1. The van der Waals surface area contributed by atoms with Crippen molar-refractivity contribution in [3.63, 3.8) is 0 Å². The highest BCUT2D eigenvalue weighted by atomic mass is 16.3. The van der Waals surface area contributed by atoms with E-state index >= 15 is 0 Å². The maximum absolute atomic E-state index is 12.6. The Morgan fingerprint density at radius 3 is 2.86 bits per heavy atom. The van der Waals surface area contributed by atoms with Crippen LogP contribution in [0.15, 0.2) is 53.7 Å². The third kappa shape index (κ3) is 3.77. The Balaban J connectivity index is 1.34. The minimum atomic E-state index is -0.608. The molecule has 0 saturated carbocycles. The number of oxazole rings is 1. The molecule has 2 amide bonds. The summed E-state index contributed by atoms with van der Waals surface area (Å²) in [6, 6.07) is 7.33. The lowest BCUT2D eigenvalue weighted by molar-refractivity contribution is 0.0600. The van der Waals surface area contributed by atoms with E-state index in [9.17, 15) is 9.90 Å². The van der Waals surface area contributed by atoms with E-state index in [1.54, 1.807) is 17.3 Å². The van der Waals surface area contributed by atoms with Crippen molar-refractivity contribution in [1.82, 2.24) is 19.4 Å². The first-order chi connectivity index (χ1) is 13.6. The van der Waals surface area contributed by atoms with Gasteiger partial charge >= 0.3 is 6.03 Å². The molecule has 0 radical (unpaired) electrons. The van der Waals surface area contributed by atoms with Crippen molar-refractivity contribution in [3.05, 3.63) is 55.1 Å². The highest BCUT2D eigenvalue weighted by molar-refractivity contribution is 5.90. The van der Waals surface area contributed by atoms with Gasteiger partial charge in [-0.05, 0) is 30.9 Å². The smallest absolute Gasteiger partial charge is 0.321 e. The molecule has 1 atom stereocenters. The van der Waals surface area contributed by atoms with E-state index in [1.165, 1.54) is 6.39 Å². The third-order valence-corrected chi connectivity index (χ3v) is 5.23. The molecule has 1 aromatic carbocycles. The molecular formula is C20H23N5O3. The molecule has 1 saturated heterocycles. The van der Waals surface area contributed by atoms with E-state index in [0.29, 0.717) is 30.4 Å². The van der Waals surface area contributed by atoms with Gasteiger partial charge in [0.2, 0.25) is 0 Å². The third-order valence-electron chi connectivity index (χ3n) is 5.23. The molecule has 146 valence electrons. The number of rotatable bonds is 4. The van der Waals surface area contributed by atoms with E-state index in [-0.39, 0.29) is 11.9 Å². The van der Waals surface area contributed by atoms with Gasteiger partial charge < -0.3 is 24.3 Å². The predicted molar refractivity (Wildman–Crippen MR) is 103 cm³/mol. The van der Waals surface area contributed by atoms with Crippen LogP contribution in [0.2, 0.25) is 0 Å². The molecule has 28 heavy (non-hydrogen) atoms. The number of aliphatic hydroxyl groups excluding tert-OH is 1. The van der Waals surface area contributed by atoms with Crippen LogP contribution in [-0.2, 0) is 7.05 Å². The minimum Gasteiger partial charge on any atom is -0.444 e. The number of imidazole rings is 1.